The van der Waals surface area contributed by atoms with Crippen LogP contribution in [-0.2, 0) is 4.79 Å². The first kappa shape index (κ1) is 14.8. The molecule has 110 valence electrons. The maximum Gasteiger partial charge on any atom is 0.237 e. The van der Waals surface area contributed by atoms with Gasteiger partial charge in [-0.25, -0.2) is 0 Å². The highest BCUT2D eigenvalue weighted by atomic mass is 16.2. The van der Waals surface area contributed by atoms with E-state index in [0.29, 0.717) is 30.6 Å². The van der Waals surface area contributed by atoms with E-state index in [0.717, 1.165) is 19.6 Å². The van der Waals surface area contributed by atoms with Crippen LogP contribution >= 0.6 is 0 Å². The summed E-state index contributed by atoms with van der Waals surface area (Å²) in [5, 5.41) is 3.38. The Morgan fingerprint density at radius 1 is 1.37 bits per heavy atom. The highest BCUT2D eigenvalue weighted by Gasteiger charge is 2.30. The normalized spacial score (nSPS) is 26.0. The number of hydrogen-bond donors (Lipinski definition) is 1. The molecule has 2 rings (SSSR count). The van der Waals surface area contributed by atoms with Gasteiger partial charge in [-0.15, -0.1) is 0 Å². The van der Waals surface area contributed by atoms with E-state index >= 15 is 0 Å². The van der Waals surface area contributed by atoms with Gasteiger partial charge in [0, 0.05) is 37.8 Å². The molecule has 0 unspecified atom stereocenters. The molecule has 2 aliphatic rings. The van der Waals surface area contributed by atoms with Gasteiger partial charge in [-0.05, 0) is 33.6 Å². The zero-order chi connectivity index (χ0) is 13.8. The van der Waals surface area contributed by atoms with Crippen molar-refractivity contribution in [1.29, 1.82) is 0 Å². The Morgan fingerprint density at radius 3 is 2.63 bits per heavy atom. The average molecular weight is 267 g/mol. The summed E-state index contributed by atoms with van der Waals surface area (Å²) in [6, 6.07) is 1.29. The molecule has 1 saturated carbocycles. The molecular formula is C15H29N3O. The summed E-state index contributed by atoms with van der Waals surface area (Å²) in [6.45, 7) is 10.1. The summed E-state index contributed by atoms with van der Waals surface area (Å²) in [6.07, 6.45) is 4.96. The standard InChI is InChI=1S/C15H29N3O/c1-12(2)18(14-6-4-5-7-14)15(19)11-17-9-8-16-10-13(17)3/h12-14,16H,4-11H2,1-3H3/t13-/m1/s1. The van der Waals surface area contributed by atoms with Gasteiger partial charge in [-0.2, -0.15) is 0 Å². The Kier molecular flexibility index (Phi) is 5.22. The molecule has 4 nitrogen and oxygen atoms in total. The molecule has 0 bridgehead atoms. The molecule has 1 aliphatic carbocycles. The molecule has 2 fully saturated rings. The van der Waals surface area contributed by atoms with Crippen LogP contribution in [0.1, 0.15) is 46.5 Å². The quantitative estimate of drug-likeness (QED) is 0.837. The SMILES string of the molecule is CC(C)N(C(=O)CN1CCNC[C@H]1C)C1CCCC1. The van der Waals surface area contributed by atoms with Crippen LogP contribution in [0.25, 0.3) is 0 Å². The second-order valence-corrected chi connectivity index (χ2v) is 6.36. The van der Waals surface area contributed by atoms with Crippen LogP contribution in [0.15, 0.2) is 0 Å². The number of carbonyl (C=O) groups is 1. The van der Waals surface area contributed by atoms with E-state index < -0.39 is 0 Å². The monoisotopic (exact) mass is 267 g/mol. The Balaban J connectivity index is 1.94. The van der Waals surface area contributed by atoms with Gasteiger partial charge in [-0.1, -0.05) is 12.8 Å². The fourth-order valence-corrected chi connectivity index (χ4v) is 3.47. The Hall–Kier alpha value is -0.610. The van der Waals surface area contributed by atoms with Gasteiger partial charge in [0.1, 0.15) is 0 Å². The van der Waals surface area contributed by atoms with E-state index in [-0.39, 0.29) is 0 Å². The van der Waals surface area contributed by atoms with Crippen molar-refractivity contribution in [2.75, 3.05) is 26.2 Å². The molecule has 0 radical (unpaired) electrons. The molecule has 1 heterocycles. The zero-order valence-electron chi connectivity index (χ0n) is 12.7. The predicted molar refractivity (Wildman–Crippen MR) is 78.1 cm³/mol. The molecule has 19 heavy (non-hydrogen) atoms. The van der Waals surface area contributed by atoms with Crippen LogP contribution in [-0.4, -0.2) is 60.0 Å². The Bertz CT molecular complexity index is 300. The Morgan fingerprint density at radius 2 is 2.05 bits per heavy atom. The van der Waals surface area contributed by atoms with Crippen molar-refractivity contribution < 1.29 is 4.79 Å². The lowest BCUT2D eigenvalue weighted by Crippen LogP contribution is -2.55. The molecule has 1 N–H and O–H groups in total. The van der Waals surface area contributed by atoms with Gasteiger partial charge in [0.25, 0.3) is 0 Å². The first-order valence-corrected chi connectivity index (χ1v) is 7.85. The molecule has 1 aliphatic heterocycles. The summed E-state index contributed by atoms with van der Waals surface area (Å²) in [4.78, 5) is 17.1. The lowest BCUT2D eigenvalue weighted by Gasteiger charge is -2.38. The second kappa shape index (κ2) is 6.71. The number of nitrogens with one attached hydrogen (secondary N) is 1. The van der Waals surface area contributed by atoms with E-state index in [9.17, 15) is 4.79 Å². The molecule has 1 amide bonds. The molecule has 0 aromatic carbocycles. The summed E-state index contributed by atoms with van der Waals surface area (Å²) in [7, 11) is 0. The van der Waals surface area contributed by atoms with E-state index in [4.69, 9.17) is 0 Å². The molecule has 0 spiro atoms. The molecule has 0 aromatic rings. The Labute approximate surface area is 117 Å². The number of nitrogens with zero attached hydrogens (tertiary/aromatic N) is 2. The first-order valence-electron chi connectivity index (χ1n) is 7.85. The second-order valence-electron chi connectivity index (χ2n) is 6.36. The lowest BCUT2D eigenvalue weighted by molar-refractivity contribution is -0.137. The topological polar surface area (TPSA) is 35.6 Å². The highest BCUT2D eigenvalue weighted by molar-refractivity contribution is 5.79. The summed E-state index contributed by atoms with van der Waals surface area (Å²) < 4.78 is 0. The van der Waals surface area contributed by atoms with Gasteiger partial charge in [0.15, 0.2) is 0 Å². The van der Waals surface area contributed by atoms with Crippen molar-refractivity contribution in [1.82, 2.24) is 15.1 Å². The number of rotatable bonds is 4. The molecule has 4 heteroatoms. The van der Waals surface area contributed by atoms with E-state index in [1.165, 1.54) is 25.7 Å². The first-order chi connectivity index (χ1) is 9.09. The van der Waals surface area contributed by atoms with Crippen molar-refractivity contribution in [3.63, 3.8) is 0 Å². The van der Waals surface area contributed by atoms with Gasteiger partial charge < -0.3 is 10.2 Å². The maximum absolute atomic E-state index is 12.6. The summed E-state index contributed by atoms with van der Waals surface area (Å²) in [5.41, 5.74) is 0. The third-order valence-corrected chi connectivity index (χ3v) is 4.54. The largest absolute Gasteiger partial charge is 0.336 e. The maximum atomic E-state index is 12.6. The van der Waals surface area contributed by atoms with E-state index in [1.807, 2.05) is 0 Å². The number of amides is 1. The van der Waals surface area contributed by atoms with Crippen LogP contribution in [0.4, 0.5) is 0 Å². The highest BCUT2D eigenvalue weighted by Crippen LogP contribution is 2.25. The zero-order valence-corrected chi connectivity index (χ0v) is 12.7. The predicted octanol–water partition coefficient (Wildman–Crippen LogP) is 1.46. The fraction of sp³-hybridized carbons (Fsp3) is 0.933. The van der Waals surface area contributed by atoms with Crippen LogP contribution in [0, 0.1) is 0 Å². The third kappa shape index (κ3) is 3.69. The van der Waals surface area contributed by atoms with Crippen molar-refractivity contribution in [2.45, 2.75) is 64.6 Å². The summed E-state index contributed by atoms with van der Waals surface area (Å²) in [5.74, 6) is 0.329. The third-order valence-electron chi connectivity index (χ3n) is 4.54. The minimum Gasteiger partial charge on any atom is -0.336 e. The minimum atomic E-state index is 0.328. The van der Waals surface area contributed by atoms with Crippen molar-refractivity contribution >= 4 is 5.91 Å². The van der Waals surface area contributed by atoms with Crippen molar-refractivity contribution in [2.24, 2.45) is 0 Å². The number of carbonyl (C=O) groups excluding carboxylic acids is 1. The molecule has 1 saturated heterocycles. The van der Waals surface area contributed by atoms with Gasteiger partial charge in [0.05, 0.1) is 6.54 Å². The lowest BCUT2D eigenvalue weighted by atomic mass is 10.1. The van der Waals surface area contributed by atoms with Crippen molar-refractivity contribution in [3.05, 3.63) is 0 Å². The van der Waals surface area contributed by atoms with Gasteiger partial charge >= 0.3 is 0 Å². The van der Waals surface area contributed by atoms with Crippen molar-refractivity contribution in [3.8, 4) is 0 Å². The van der Waals surface area contributed by atoms with E-state index in [2.05, 4.69) is 35.9 Å². The van der Waals surface area contributed by atoms with Crippen LogP contribution in [0.3, 0.4) is 0 Å². The smallest absolute Gasteiger partial charge is 0.237 e. The summed E-state index contributed by atoms with van der Waals surface area (Å²) >= 11 is 0. The number of piperazine rings is 1. The molecule has 0 aromatic heterocycles. The van der Waals surface area contributed by atoms with E-state index in [1.54, 1.807) is 0 Å². The fourth-order valence-electron chi connectivity index (χ4n) is 3.47. The minimum absolute atomic E-state index is 0.328. The molecular weight excluding hydrogens is 238 g/mol. The van der Waals surface area contributed by atoms with Gasteiger partial charge in [0.2, 0.25) is 5.91 Å². The van der Waals surface area contributed by atoms with Crippen LogP contribution < -0.4 is 5.32 Å². The van der Waals surface area contributed by atoms with Crippen LogP contribution in [0.5, 0.6) is 0 Å². The van der Waals surface area contributed by atoms with Crippen LogP contribution in [0.2, 0.25) is 0 Å². The van der Waals surface area contributed by atoms with Gasteiger partial charge in [-0.3, -0.25) is 9.69 Å². The average Bonchev–Trinajstić information content (AvgIpc) is 2.85. The number of hydrogen-bond acceptors (Lipinski definition) is 3. The molecule has 1 atom stereocenters.